The molecule has 170 valence electrons. The second kappa shape index (κ2) is 9.22. The molecule has 0 bridgehead atoms. The Morgan fingerprint density at radius 1 is 1.19 bits per heavy atom. The van der Waals surface area contributed by atoms with E-state index in [1.54, 1.807) is 0 Å². The van der Waals surface area contributed by atoms with E-state index in [2.05, 4.69) is 28.4 Å². The molecule has 5 rings (SSSR count). The molecule has 2 fully saturated rings. The number of benzene rings is 2. The zero-order valence-electron chi connectivity index (χ0n) is 18.8. The lowest BCUT2D eigenvalue weighted by molar-refractivity contribution is -0.0849. The van der Waals surface area contributed by atoms with Crippen molar-refractivity contribution >= 4 is 5.91 Å². The largest absolute Gasteiger partial charge is 0.493 e. The minimum Gasteiger partial charge on any atom is -0.493 e. The average Bonchev–Trinajstić information content (AvgIpc) is 3.37. The molecule has 0 saturated carbocycles. The molecule has 2 atom stereocenters. The molecule has 0 unspecified atom stereocenters. The molecular weight excluding hydrogens is 404 g/mol. The highest BCUT2D eigenvalue weighted by Crippen LogP contribution is 2.34. The van der Waals surface area contributed by atoms with Crippen LogP contribution in [0.4, 0.5) is 0 Å². The quantitative estimate of drug-likeness (QED) is 0.781. The van der Waals surface area contributed by atoms with Gasteiger partial charge in [-0.2, -0.15) is 0 Å². The summed E-state index contributed by atoms with van der Waals surface area (Å²) in [5.74, 6) is 0.980. The van der Waals surface area contributed by atoms with Gasteiger partial charge in [0, 0.05) is 38.2 Å². The first-order valence-corrected chi connectivity index (χ1v) is 11.7. The van der Waals surface area contributed by atoms with Gasteiger partial charge in [-0.25, -0.2) is 0 Å². The Balaban J connectivity index is 1.17. The number of fused-ring (bicyclic) bond motifs is 1. The van der Waals surface area contributed by atoms with E-state index < -0.39 is 0 Å². The first-order valence-electron chi connectivity index (χ1n) is 11.7. The minimum atomic E-state index is -0.296. The summed E-state index contributed by atoms with van der Waals surface area (Å²) in [7, 11) is 0. The Morgan fingerprint density at radius 3 is 2.94 bits per heavy atom. The van der Waals surface area contributed by atoms with Crippen molar-refractivity contribution in [1.29, 1.82) is 0 Å². The van der Waals surface area contributed by atoms with Gasteiger partial charge in [0.05, 0.1) is 25.9 Å². The van der Waals surface area contributed by atoms with Crippen LogP contribution < -0.4 is 10.1 Å². The third-order valence-electron chi connectivity index (χ3n) is 6.73. The summed E-state index contributed by atoms with van der Waals surface area (Å²) < 4.78 is 18.1. The summed E-state index contributed by atoms with van der Waals surface area (Å²) in [5.41, 5.74) is 4.16. The Hall–Kier alpha value is -2.41. The van der Waals surface area contributed by atoms with Gasteiger partial charge in [-0.05, 0) is 49.1 Å². The Bertz CT molecular complexity index is 961. The fraction of sp³-hybridized carbons (Fsp3) is 0.500. The van der Waals surface area contributed by atoms with Crippen LogP contribution in [0.25, 0.3) is 0 Å². The van der Waals surface area contributed by atoms with E-state index in [9.17, 15) is 4.79 Å². The zero-order chi connectivity index (χ0) is 22.0. The van der Waals surface area contributed by atoms with Gasteiger partial charge in [-0.15, -0.1) is 0 Å². The van der Waals surface area contributed by atoms with Crippen LogP contribution in [0.3, 0.4) is 0 Å². The summed E-state index contributed by atoms with van der Waals surface area (Å²) in [6, 6.07) is 14.2. The number of ether oxygens (including phenoxy) is 3. The molecule has 0 radical (unpaired) electrons. The Labute approximate surface area is 189 Å². The lowest BCUT2D eigenvalue weighted by Gasteiger charge is -2.32. The number of carbonyl (C=O) groups is 1. The normalized spacial score (nSPS) is 25.3. The molecule has 32 heavy (non-hydrogen) atoms. The highest BCUT2D eigenvalue weighted by atomic mass is 16.6. The molecule has 3 aliphatic heterocycles. The fourth-order valence-corrected chi connectivity index (χ4v) is 4.99. The van der Waals surface area contributed by atoms with Crippen LogP contribution in [0, 0.1) is 6.92 Å². The molecule has 2 saturated heterocycles. The maximum atomic E-state index is 12.5. The fourth-order valence-electron chi connectivity index (χ4n) is 4.99. The van der Waals surface area contributed by atoms with Gasteiger partial charge in [-0.3, -0.25) is 9.69 Å². The van der Waals surface area contributed by atoms with Crippen molar-refractivity contribution in [2.75, 3.05) is 39.5 Å². The Kier molecular flexibility index (Phi) is 6.17. The summed E-state index contributed by atoms with van der Waals surface area (Å²) in [6.07, 6.45) is 2.90. The van der Waals surface area contributed by atoms with Crippen molar-refractivity contribution in [2.45, 2.75) is 44.4 Å². The van der Waals surface area contributed by atoms with Crippen LogP contribution in [-0.4, -0.2) is 62.0 Å². The van der Waals surface area contributed by atoms with Crippen LogP contribution in [0.5, 0.6) is 5.75 Å². The maximum Gasteiger partial charge on any atom is 0.251 e. The highest BCUT2D eigenvalue weighted by Gasteiger charge is 2.43. The van der Waals surface area contributed by atoms with Gasteiger partial charge in [-0.1, -0.05) is 29.8 Å². The first-order chi connectivity index (χ1) is 15.6. The molecule has 2 aromatic carbocycles. The second-order valence-corrected chi connectivity index (χ2v) is 9.34. The van der Waals surface area contributed by atoms with Crippen molar-refractivity contribution in [2.24, 2.45) is 0 Å². The summed E-state index contributed by atoms with van der Waals surface area (Å²) in [6.45, 7) is 7.30. The van der Waals surface area contributed by atoms with Crippen molar-refractivity contribution in [3.63, 3.8) is 0 Å². The average molecular weight is 437 g/mol. The lowest BCUT2D eigenvalue weighted by Crippen LogP contribution is -2.45. The molecule has 6 heteroatoms. The SMILES string of the molecule is Cc1ccc(C(=O)NC[C@H]2CC[C@]3(COCCN(Cc4ccc5c(c4)CCO5)C3)O2)cc1. The number of amides is 1. The van der Waals surface area contributed by atoms with E-state index in [-0.39, 0.29) is 17.6 Å². The predicted octanol–water partition coefficient (Wildman–Crippen LogP) is 3.11. The minimum absolute atomic E-state index is 0.0186. The zero-order valence-corrected chi connectivity index (χ0v) is 18.8. The van der Waals surface area contributed by atoms with Crippen LogP contribution in [0.2, 0.25) is 0 Å². The van der Waals surface area contributed by atoms with Gasteiger partial charge in [0.15, 0.2) is 0 Å². The number of aryl methyl sites for hydroxylation is 1. The monoisotopic (exact) mass is 436 g/mol. The summed E-state index contributed by atoms with van der Waals surface area (Å²) in [5, 5.41) is 3.04. The Morgan fingerprint density at radius 2 is 2.06 bits per heavy atom. The summed E-state index contributed by atoms with van der Waals surface area (Å²) in [4.78, 5) is 14.9. The van der Waals surface area contributed by atoms with Gasteiger partial charge in [0.25, 0.3) is 5.91 Å². The molecule has 2 aromatic rings. The topological polar surface area (TPSA) is 60.0 Å². The second-order valence-electron chi connectivity index (χ2n) is 9.34. The standard InChI is InChI=1S/C26H32N2O4/c1-19-2-5-21(6-3-19)25(29)27-15-23-8-10-26(32-23)17-28(11-13-30-18-26)16-20-4-7-24-22(14-20)9-12-31-24/h2-7,14,23H,8-13,15-18H2,1H3,(H,27,29)/t23-,26+/m1/s1. The van der Waals surface area contributed by atoms with Gasteiger partial charge < -0.3 is 19.5 Å². The number of nitrogens with zero attached hydrogens (tertiary/aromatic N) is 1. The van der Waals surface area contributed by atoms with Gasteiger partial charge in [0.1, 0.15) is 11.4 Å². The number of hydrogen-bond acceptors (Lipinski definition) is 5. The number of rotatable bonds is 5. The lowest BCUT2D eigenvalue weighted by atomic mass is 9.99. The van der Waals surface area contributed by atoms with Crippen molar-refractivity contribution < 1.29 is 19.0 Å². The van der Waals surface area contributed by atoms with Gasteiger partial charge >= 0.3 is 0 Å². The number of nitrogens with one attached hydrogen (secondary N) is 1. The molecule has 6 nitrogen and oxygen atoms in total. The highest BCUT2D eigenvalue weighted by molar-refractivity contribution is 5.94. The molecule has 0 aliphatic carbocycles. The van der Waals surface area contributed by atoms with E-state index in [4.69, 9.17) is 14.2 Å². The molecule has 1 N–H and O–H groups in total. The molecular formula is C26H32N2O4. The van der Waals surface area contributed by atoms with E-state index in [1.165, 1.54) is 11.1 Å². The van der Waals surface area contributed by atoms with Gasteiger partial charge in [0.2, 0.25) is 0 Å². The number of hydrogen-bond donors (Lipinski definition) is 1. The maximum absolute atomic E-state index is 12.5. The van der Waals surface area contributed by atoms with E-state index >= 15 is 0 Å². The first kappa shape index (κ1) is 21.4. The smallest absolute Gasteiger partial charge is 0.251 e. The van der Waals surface area contributed by atoms with Crippen LogP contribution in [-0.2, 0) is 22.4 Å². The van der Waals surface area contributed by atoms with Crippen LogP contribution in [0.1, 0.15) is 39.9 Å². The molecule has 3 heterocycles. The number of carbonyl (C=O) groups excluding carboxylic acids is 1. The molecule has 0 aromatic heterocycles. The van der Waals surface area contributed by atoms with Crippen LogP contribution in [0.15, 0.2) is 42.5 Å². The summed E-state index contributed by atoms with van der Waals surface area (Å²) >= 11 is 0. The van der Waals surface area contributed by atoms with Crippen molar-refractivity contribution in [1.82, 2.24) is 10.2 Å². The van der Waals surface area contributed by atoms with E-state index in [1.807, 2.05) is 31.2 Å². The van der Waals surface area contributed by atoms with Crippen molar-refractivity contribution in [3.8, 4) is 5.75 Å². The van der Waals surface area contributed by atoms with E-state index in [0.29, 0.717) is 25.3 Å². The van der Waals surface area contributed by atoms with Crippen LogP contribution >= 0.6 is 0 Å². The molecule has 3 aliphatic rings. The third-order valence-corrected chi connectivity index (χ3v) is 6.73. The molecule has 1 amide bonds. The predicted molar refractivity (Wildman–Crippen MR) is 122 cm³/mol. The van der Waals surface area contributed by atoms with E-state index in [0.717, 1.165) is 56.8 Å². The molecule has 1 spiro atoms. The third kappa shape index (κ3) is 4.82. The van der Waals surface area contributed by atoms with Crippen molar-refractivity contribution in [3.05, 3.63) is 64.7 Å².